The van der Waals surface area contributed by atoms with Crippen LogP contribution in [-0.2, 0) is 4.79 Å². The highest BCUT2D eigenvalue weighted by atomic mass is 16.1. The number of piperidine rings is 1. The van der Waals surface area contributed by atoms with Crippen LogP contribution < -0.4 is 10.2 Å². The van der Waals surface area contributed by atoms with Gasteiger partial charge in [-0.3, -0.25) is 4.79 Å². The van der Waals surface area contributed by atoms with Gasteiger partial charge in [0.25, 0.3) is 0 Å². The van der Waals surface area contributed by atoms with Gasteiger partial charge in [-0.25, -0.2) is 0 Å². The Kier molecular flexibility index (Phi) is 4.15. The van der Waals surface area contributed by atoms with Gasteiger partial charge >= 0.3 is 0 Å². The number of carbonyl (C=O) groups is 1. The standard InChI is InChI=1S/C14H20N2O/c1-12(17)11-16(13-5-3-2-4-6-13)14-7-9-15-10-8-14/h2-6,14-15H,7-11H2,1H3. The van der Waals surface area contributed by atoms with Crippen LogP contribution in [0.5, 0.6) is 0 Å². The van der Waals surface area contributed by atoms with E-state index in [0.29, 0.717) is 12.6 Å². The van der Waals surface area contributed by atoms with E-state index < -0.39 is 0 Å². The summed E-state index contributed by atoms with van der Waals surface area (Å²) in [6, 6.07) is 10.7. The maximum absolute atomic E-state index is 11.4. The highest BCUT2D eigenvalue weighted by Gasteiger charge is 2.21. The van der Waals surface area contributed by atoms with Crippen molar-refractivity contribution in [2.24, 2.45) is 0 Å². The van der Waals surface area contributed by atoms with Crippen LogP contribution in [-0.4, -0.2) is 31.5 Å². The lowest BCUT2D eigenvalue weighted by Crippen LogP contribution is -2.45. The third kappa shape index (κ3) is 3.30. The quantitative estimate of drug-likeness (QED) is 0.859. The van der Waals surface area contributed by atoms with Crippen LogP contribution in [0.25, 0.3) is 0 Å². The fourth-order valence-electron chi connectivity index (χ4n) is 2.41. The third-order valence-corrected chi connectivity index (χ3v) is 3.23. The zero-order chi connectivity index (χ0) is 12.1. The Labute approximate surface area is 103 Å². The van der Waals surface area contributed by atoms with Gasteiger partial charge in [0, 0.05) is 11.7 Å². The van der Waals surface area contributed by atoms with Crippen molar-refractivity contribution in [1.82, 2.24) is 5.32 Å². The van der Waals surface area contributed by atoms with E-state index in [2.05, 4.69) is 22.3 Å². The highest BCUT2D eigenvalue weighted by Crippen LogP contribution is 2.21. The molecule has 1 fully saturated rings. The van der Waals surface area contributed by atoms with Crippen molar-refractivity contribution in [3.8, 4) is 0 Å². The lowest BCUT2D eigenvalue weighted by molar-refractivity contribution is -0.115. The maximum atomic E-state index is 11.4. The first-order valence-electron chi connectivity index (χ1n) is 6.29. The zero-order valence-electron chi connectivity index (χ0n) is 10.4. The molecule has 1 aromatic rings. The number of carbonyl (C=O) groups excluding carboxylic acids is 1. The normalized spacial score (nSPS) is 16.8. The van der Waals surface area contributed by atoms with E-state index in [1.807, 2.05) is 18.2 Å². The van der Waals surface area contributed by atoms with E-state index >= 15 is 0 Å². The summed E-state index contributed by atoms with van der Waals surface area (Å²) < 4.78 is 0. The number of nitrogens with zero attached hydrogens (tertiary/aromatic N) is 1. The minimum absolute atomic E-state index is 0.229. The fourth-order valence-corrected chi connectivity index (χ4v) is 2.41. The molecule has 0 spiro atoms. The van der Waals surface area contributed by atoms with Gasteiger partial charge in [-0.15, -0.1) is 0 Å². The molecule has 0 bridgehead atoms. The molecule has 3 nitrogen and oxygen atoms in total. The molecule has 3 heteroatoms. The number of rotatable bonds is 4. The molecular weight excluding hydrogens is 212 g/mol. The Balaban J connectivity index is 2.15. The summed E-state index contributed by atoms with van der Waals surface area (Å²) in [6.07, 6.45) is 2.23. The van der Waals surface area contributed by atoms with Gasteiger partial charge in [-0.05, 0) is 45.0 Å². The van der Waals surface area contributed by atoms with E-state index in [1.54, 1.807) is 6.92 Å². The summed E-state index contributed by atoms with van der Waals surface area (Å²) in [5.74, 6) is 0.229. The van der Waals surface area contributed by atoms with E-state index in [9.17, 15) is 4.79 Å². The number of anilines is 1. The number of nitrogens with one attached hydrogen (secondary N) is 1. The SMILES string of the molecule is CC(=O)CN(c1ccccc1)C1CCNCC1. The van der Waals surface area contributed by atoms with Crippen molar-refractivity contribution in [2.45, 2.75) is 25.8 Å². The molecular formula is C14H20N2O. The topological polar surface area (TPSA) is 32.3 Å². The molecule has 0 amide bonds. The minimum atomic E-state index is 0.229. The largest absolute Gasteiger partial charge is 0.361 e. The summed E-state index contributed by atoms with van der Waals surface area (Å²) >= 11 is 0. The molecule has 2 rings (SSSR count). The van der Waals surface area contributed by atoms with Crippen LogP contribution in [0, 0.1) is 0 Å². The summed E-state index contributed by atoms with van der Waals surface area (Å²) in [4.78, 5) is 13.7. The smallest absolute Gasteiger partial charge is 0.149 e. The maximum Gasteiger partial charge on any atom is 0.149 e. The number of hydrogen-bond acceptors (Lipinski definition) is 3. The molecule has 92 valence electrons. The van der Waals surface area contributed by atoms with Gasteiger partial charge in [0.2, 0.25) is 0 Å². The van der Waals surface area contributed by atoms with Crippen molar-refractivity contribution in [3.63, 3.8) is 0 Å². The Hall–Kier alpha value is -1.35. The number of ketones is 1. The van der Waals surface area contributed by atoms with Crippen LogP contribution in [0.15, 0.2) is 30.3 Å². The molecule has 0 aromatic heterocycles. The monoisotopic (exact) mass is 232 g/mol. The highest BCUT2D eigenvalue weighted by molar-refractivity contribution is 5.81. The van der Waals surface area contributed by atoms with Crippen molar-refractivity contribution in [2.75, 3.05) is 24.5 Å². The number of hydrogen-bond donors (Lipinski definition) is 1. The molecule has 0 atom stereocenters. The van der Waals surface area contributed by atoms with Gasteiger partial charge in [-0.2, -0.15) is 0 Å². The Bertz CT molecular complexity index is 358. The van der Waals surface area contributed by atoms with Crippen LogP contribution >= 0.6 is 0 Å². The Morgan fingerprint density at radius 3 is 2.53 bits per heavy atom. The predicted octanol–water partition coefficient (Wildman–Crippen LogP) is 1.83. The fraction of sp³-hybridized carbons (Fsp3) is 0.500. The first-order valence-corrected chi connectivity index (χ1v) is 6.29. The first kappa shape index (κ1) is 12.1. The molecule has 1 saturated heterocycles. The summed E-state index contributed by atoms with van der Waals surface area (Å²) in [5.41, 5.74) is 1.16. The predicted molar refractivity (Wildman–Crippen MR) is 70.4 cm³/mol. The average Bonchev–Trinajstić information content (AvgIpc) is 2.38. The van der Waals surface area contributed by atoms with Gasteiger partial charge in [0.05, 0.1) is 6.54 Å². The Morgan fingerprint density at radius 2 is 1.94 bits per heavy atom. The zero-order valence-corrected chi connectivity index (χ0v) is 10.4. The van der Waals surface area contributed by atoms with Gasteiger partial charge in [-0.1, -0.05) is 18.2 Å². The van der Waals surface area contributed by atoms with Crippen molar-refractivity contribution in [3.05, 3.63) is 30.3 Å². The molecule has 0 aliphatic carbocycles. The molecule has 1 N–H and O–H groups in total. The molecule has 1 aliphatic rings. The summed E-state index contributed by atoms with van der Waals surface area (Å²) in [5, 5.41) is 3.36. The van der Waals surface area contributed by atoms with Crippen LogP contribution in [0.1, 0.15) is 19.8 Å². The van der Waals surface area contributed by atoms with E-state index in [1.165, 1.54) is 0 Å². The third-order valence-electron chi connectivity index (χ3n) is 3.23. The summed E-state index contributed by atoms with van der Waals surface area (Å²) in [6.45, 7) is 4.28. The number of benzene rings is 1. The van der Waals surface area contributed by atoms with Gasteiger partial charge < -0.3 is 10.2 Å². The van der Waals surface area contributed by atoms with Crippen LogP contribution in [0.3, 0.4) is 0 Å². The second-order valence-corrected chi connectivity index (χ2v) is 4.65. The molecule has 17 heavy (non-hydrogen) atoms. The van der Waals surface area contributed by atoms with Crippen LogP contribution in [0.2, 0.25) is 0 Å². The second-order valence-electron chi connectivity index (χ2n) is 4.65. The lowest BCUT2D eigenvalue weighted by Gasteiger charge is -2.35. The number of Topliss-reactive ketones (excluding diaryl/α,β-unsaturated/α-hetero) is 1. The number of para-hydroxylation sites is 1. The van der Waals surface area contributed by atoms with E-state index in [4.69, 9.17) is 0 Å². The minimum Gasteiger partial charge on any atom is -0.361 e. The molecule has 1 aliphatic heterocycles. The van der Waals surface area contributed by atoms with Gasteiger partial charge in [0.1, 0.15) is 5.78 Å². The first-order chi connectivity index (χ1) is 8.27. The molecule has 1 heterocycles. The second kappa shape index (κ2) is 5.82. The van der Waals surface area contributed by atoms with E-state index in [-0.39, 0.29) is 5.78 Å². The van der Waals surface area contributed by atoms with Crippen LogP contribution in [0.4, 0.5) is 5.69 Å². The summed E-state index contributed by atoms with van der Waals surface area (Å²) in [7, 11) is 0. The molecule has 0 unspecified atom stereocenters. The average molecular weight is 232 g/mol. The van der Waals surface area contributed by atoms with Crippen molar-refractivity contribution in [1.29, 1.82) is 0 Å². The molecule has 0 radical (unpaired) electrons. The molecule has 1 aromatic carbocycles. The lowest BCUT2D eigenvalue weighted by atomic mass is 10.0. The van der Waals surface area contributed by atoms with Crippen molar-refractivity contribution >= 4 is 11.5 Å². The van der Waals surface area contributed by atoms with Crippen molar-refractivity contribution < 1.29 is 4.79 Å². The van der Waals surface area contributed by atoms with E-state index in [0.717, 1.165) is 31.6 Å². The molecule has 0 saturated carbocycles. The Morgan fingerprint density at radius 1 is 1.29 bits per heavy atom. The van der Waals surface area contributed by atoms with Gasteiger partial charge in [0.15, 0.2) is 0 Å².